The summed E-state index contributed by atoms with van der Waals surface area (Å²) in [5, 5.41) is 20.2. The van der Waals surface area contributed by atoms with Gasteiger partial charge in [0.05, 0.1) is 28.9 Å². The summed E-state index contributed by atoms with van der Waals surface area (Å²) >= 11 is 0. The third kappa shape index (κ3) is 3.37. The number of hydrogen-bond donors (Lipinski definition) is 2. The maximum atomic E-state index is 10.1. The van der Waals surface area contributed by atoms with Crippen LogP contribution in [0.1, 0.15) is 33.4 Å². The average Bonchev–Trinajstić information content (AvgIpc) is 2.94. The Morgan fingerprint density at radius 3 is 2.52 bits per heavy atom. The van der Waals surface area contributed by atoms with Crippen molar-refractivity contribution in [1.29, 1.82) is 0 Å². The minimum Gasteiger partial charge on any atom is -0.471 e. The summed E-state index contributed by atoms with van der Waals surface area (Å²) in [5.74, 6) is 0. The summed E-state index contributed by atoms with van der Waals surface area (Å²) < 4.78 is 12.7. The monoisotopic (exact) mass is 292 g/mol. The number of furan rings is 1. The first-order valence-corrected chi connectivity index (χ1v) is 6.78. The van der Waals surface area contributed by atoms with Crippen LogP contribution in [0.25, 0.3) is 5.69 Å². The standard InChI is InChI=1S/C14H21BN2O4/c1-10-7-17(9-16-10)11-6-12(20-8-11)15(19)21-14(4,5)13(2,3)18/h6-9,18-19H,1-5H3. The highest BCUT2D eigenvalue weighted by atomic mass is 16.6. The van der Waals surface area contributed by atoms with E-state index >= 15 is 0 Å². The Balaban J connectivity index is 2.14. The summed E-state index contributed by atoms with van der Waals surface area (Å²) in [7, 11) is -1.26. The molecule has 0 amide bonds. The molecule has 0 aliphatic rings. The fraction of sp³-hybridized carbons (Fsp3) is 0.500. The van der Waals surface area contributed by atoms with Crippen LogP contribution in [0.5, 0.6) is 0 Å². The van der Waals surface area contributed by atoms with Gasteiger partial charge < -0.3 is 23.8 Å². The predicted molar refractivity (Wildman–Crippen MR) is 79.6 cm³/mol. The number of nitrogens with zero attached hydrogens (tertiary/aromatic N) is 2. The zero-order valence-corrected chi connectivity index (χ0v) is 13.0. The van der Waals surface area contributed by atoms with Gasteiger partial charge in [-0.3, -0.25) is 0 Å². The molecule has 2 N–H and O–H groups in total. The molecule has 114 valence electrons. The van der Waals surface area contributed by atoms with E-state index in [4.69, 9.17) is 9.07 Å². The van der Waals surface area contributed by atoms with Crippen molar-refractivity contribution in [3.8, 4) is 5.69 Å². The van der Waals surface area contributed by atoms with Crippen molar-refractivity contribution >= 4 is 12.8 Å². The lowest BCUT2D eigenvalue weighted by Gasteiger charge is -2.38. The highest BCUT2D eigenvalue weighted by molar-refractivity contribution is 6.58. The van der Waals surface area contributed by atoms with E-state index in [1.807, 2.05) is 13.1 Å². The smallest absolute Gasteiger partial charge is 0.471 e. The van der Waals surface area contributed by atoms with E-state index in [1.165, 1.54) is 6.26 Å². The van der Waals surface area contributed by atoms with Gasteiger partial charge in [0.15, 0.2) is 0 Å². The number of rotatable bonds is 5. The molecule has 2 aromatic rings. The van der Waals surface area contributed by atoms with Gasteiger partial charge in [0, 0.05) is 12.3 Å². The van der Waals surface area contributed by atoms with E-state index in [1.54, 1.807) is 44.7 Å². The Kier molecular flexibility index (Phi) is 4.01. The topological polar surface area (TPSA) is 80.7 Å². The first-order chi connectivity index (χ1) is 9.60. The van der Waals surface area contributed by atoms with E-state index in [-0.39, 0.29) is 5.66 Å². The lowest BCUT2D eigenvalue weighted by molar-refractivity contribution is -0.0986. The normalized spacial score (nSPS) is 12.7. The van der Waals surface area contributed by atoms with Crippen molar-refractivity contribution in [2.24, 2.45) is 0 Å². The van der Waals surface area contributed by atoms with Gasteiger partial charge in [-0.2, -0.15) is 0 Å². The van der Waals surface area contributed by atoms with Gasteiger partial charge in [-0.25, -0.2) is 4.98 Å². The maximum absolute atomic E-state index is 10.1. The van der Waals surface area contributed by atoms with Gasteiger partial charge >= 0.3 is 7.12 Å². The van der Waals surface area contributed by atoms with E-state index in [0.29, 0.717) is 0 Å². The number of imidazole rings is 1. The Hall–Kier alpha value is -1.57. The van der Waals surface area contributed by atoms with Crippen LogP contribution in [0.15, 0.2) is 29.3 Å². The minimum absolute atomic E-state index is 0.272. The van der Waals surface area contributed by atoms with E-state index < -0.39 is 18.3 Å². The van der Waals surface area contributed by atoms with E-state index in [0.717, 1.165) is 11.4 Å². The van der Waals surface area contributed by atoms with Crippen molar-refractivity contribution in [3.63, 3.8) is 0 Å². The Morgan fingerprint density at radius 1 is 1.33 bits per heavy atom. The largest absolute Gasteiger partial charge is 0.529 e. The SMILES string of the molecule is Cc1cn(-c2coc(B(O)OC(C)(C)C(C)(C)O)c2)cn1. The molecule has 0 bridgehead atoms. The molecule has 0 aliphatic heterocycles. The molecule has 0 unspecified atom stereocenters. The molecule has 0 aliphatic carbocycles. The molecule has 0 saturated carbocycles. The Morgan fingerprint density at radius 2 is 2.00 bits per heavy atom. The molecule has 2 aromatic heterocycles. The third-order valence-electron chi connectivity index (χ3n) is 3.74. The second kappa shape index (κ2) is 5.33. The molecule has 7 heteroatoms. The van der Waals surface area contributed by atoms with E-state index in [9.17, 15) is 10.1 Å². The molecule has 0 atom stereocenters. The number of hydrogen-bond acceptors (Lipinski definition) is 5. The quantitative estimate of drug-likeness (QED) is 0.804. The van der Waals surface area contributed by atoms with Crippen molar-refractivity contribution in [2.75, 3.05) is 0 Å². The van der Waals surface area contributed by atoms with Crippen molar-refractivity contribution in [2.45, 2.75) is 45.8 Å². The number of aromatic nitrogens is 2. The molecule has 0 saturated heterocycles. The van der Waals surface area contributed by atoms with Crippen LogP contribution in [0.2, 0.25) is 0 Å². The first kappa shape index (κ1) is 15.8. The molecule has 21 heavy (non-hydrogen) atoms. The second-order valence-corrected chi connectivity index (χ2v) is 6.17. The molecule has 0 aromatic carbocycles. The molecular weight excluding hydrogens is 271 g/mol. The van der Waals surface area contributed by atoms with E-state index in [2.05, 4.69) is 4.98 Å². The van der Waals surface area contributed by atoms with Crippen molar-refractivity contribution in [3.05, 3.63) is 30.5 Å². The predicted octanol–water partition coefficient (Wildman–Crippen LogP) is 1.03. The van der Waals surface area contributed by atoms with Gasteiger partial charge in [-0.05, 0) is 34.6 Å². The highest BCUT2D eigenvalue weighted by Crippen LogP contribution is 2.25. The summed E-state index contributed by atoms with van der Waals surface area (Å²) in [6.07, 6.45) is 5.03. The zero-order valence-electron chi connectivity index (χ0n) is 13.0. The van der Waals surface area contributed by atoms with Gasteiger partial charge in [0.2, 0.25) is 0 Å². The molecule has 0 fully saturated rings. The maximum Gasteiger partial charge on any atom is 0.529 e. The minimum atomic E-state index is -1.26. The number of aliphatic hydroxyl groups is 1. The fourth-order valence-corrected chi connectivity index (χ4v) is 1.65. The lowest BCUT2D eigenvalue weighted by atomic mass is 9.81. The summed E-state index contributed by atoms with van der Waals surface area (Å²) in [6, 6.07) is 1.67. The van der Waals surface area contributed by atoms with Crippen LogP contribution in [-0.4, -0.2) is 38.0 Å². The summed E-state index contributed by atoms with van der Waals surface area (Å²) in [4.78, 5) is 4.13. The van der Waals surface area contributed by atoms with Gasteiger partial charge in [-0.1, -0.05) is 0 Å². The third-order valence-corrected chi connectivity index (χ3v) is 3.74. The Bertz CT molecular complexity index is 613. The van der Waals surface area contributed by atoms with Crippen LogP contribution >= 0.6 is 0 Å². The molecule has 0 spiro atoms. The van der Waals surface area contributed by atoms with Crippen LogP contribution in [0, 0.1) is 6.92 Å². The van der Waals surface area contributed by atoms with Crippen molar-refractivity contribution in [1.82, 2.24) is 9.55 Å². The molecule has 2 heterocycles. The number of aryl methyl sites for hydroxylation is 1. The molecule has 6 nitrogen and oxygen atoms in total. The van der Waals surface area contributed by atoms with Crippen LogP contribution in [0.3, 0.4) is 0 Å². The molecule has 0 radical (unpaired) electrons. The lowest BCUT2D eigenvalue weighted by Crippen LogP contribution is -2.52. The Labute approximate surface area is 124 Å². The van der Waals surface area contributed by atoms with Gasteiger partial charge in [-0.15, -0.1) is 0 Å². The zero-order chi connectivity index (χ0) is 15.8. The van der Waals surface area contributed by atoms with Crippen molar-refractivity contribution < 1.29 is 19.2 Å². The van der Waals surface area contributed by atoms with Gasteiger partial charge in [0.1, 0.15) is 11.9 Å². The van der Waals surface area contributed by atoms with Crippen LogP contribution in [0.4, 0.5) is 0 Å². The molecule has 2 rings (SSSR count). The average molecular weight is 292 g/mol. The summed E-state index contributed by atoms with van der Waals surface area (Å²) in [5.41, 5.74) is -0.142. The van der Waals surface area contributed by atoms with Crippen LogP contribution < -0.4 is 5.66 Å². The molecular formula is C14H21BN2O4. The van der Waals surface area contributed by atoms with Crippen LogP contribution in [-0.2, 0) is 4.65 Å². The fourth-order valence-electron chi connectivity index (χ4n) is 1.65. The van der Waals surface area contributed by atoms with Gasteiger partial charge in [0.25, 0.3) is 0 Å². The first-order valence-electron chi connectivity index (χ1n) is 6.78. The second-order valence-electron chi connectivity index (χ2n) is 6.17. The summed E-state index contributed by atoms with van der Waals surface area (Å²) in [6.45, 7) is 8.56. The highest BCUT2D eigenvalue weighted by Gasteiger charge is 2.40.